The molecule has 0 aromatic rings. The summed E-state index contributed by atoms with van der Waals surface area (Å²) in [6.07, 6.45) is 0.484. The van der Waals surface area contributed by atoms with E-state index in [1.54, 1.807) is 6.92 Å². The molecule has 2 aliphatic heterocycles. The molecule has 0 spiro atoms. The standard InChI is InChI=1S/C29H50N6O6S/c1-10-30-24(39)29(41,42)17(13-15-11-12-31-21(15)36)32-22(37)19-18-16(28(18,8)9)14-35(19)23(38)20(26(2,3)4)33-25(40)34-27(5,6)7/h15-20,41-42H,10-14H2,1-9H3,(H,30,39)(H,31,36)(H,32,37)(H2,33,34,40)/t15-,16-,17-,18-,19-,20+,29-/m0/s1. The van der Waals surface area contributed by atoms with Crippen LogP contribution in [0.4, 0.5) is 4.79 Å². The molecule has 13 heteroatoms. The maximum atomic E-state index is 14.1. The number of amides is 6. The van der Waals surface area contributed by atoms with E-state index in [-0.39, 0.29) is 42.0 Å². The molecule has 0 unspecified atom stereocenters. The number of likely N-dealkylation sites (N-methyl/N-ethyl adjacent to an activating group) is 1. The zero-order chi connectivity index (χ0) is 32.0. The van der Waals surface area contributed by atoms with Crippen molar-refractivity contribution in [2.45, 2.75) is 104 Å². The number of nitrogens with one attached hydrogen (secondary N) is 5. The van der Waals surface area contributed by atoms with Gasteiger partial charge in [0.1, 0.15) is 12.1 Å². The summed E-state index contributed by atoms with van der Waals surface area (Å²) in [4.78, 5) is 65.4. The second-order valence-electron chi connectivity index (χ2n) is 14.7. The molecule has 3 fully saturated rings. The third kappa shape index (κ3) is 7.15. The van der Waals surface area contributed by atoms with Gasteiger partial charge < -0.3 is 36.6 Å². The van der Waals surface area contributed by atoms with Gasteiger partial charge in [-0.05, 0) is 63.2 Å². The average molecular weight is 611 g/mol. The number of thiol groups is 1. The van der Waals surface area contributed by atoms with Gasteiger partial charge in [0.05, 0.1) is 6.04 Å². The first kappa shape index (κ1) is 34.0. The van der Waals surface area contributed by atoms with Gasteiger partial charge in [-0.2, -0.15) is 0 Å². The van der Waals surface area contributed by atoms with Crippen molar-refractivity contribution in [1.29, 1.82) is 0 Å². The maximum absolute atomic E-state index is 14.1. The van der Waals surface area contributed by atoms with Gasteiger partial charge in [-0.15, -0.1) is 12.6 Å². The summed E-state index contributed by atoms with van der Waals surface area (Å²) in [5, 5.41) is 25.0. The van der Waals surface area contributed by atoms with Crippen LogP contribution in [0.5, 0.6) is 0 Å². The highest BCUT2D eigenvalue weighted by Crippen LogP contribution is 2.65. The molecule has 3 aliphatic rings. The van der Waals surface area contributed by atoms with Crippen molar-refractivity contribution < 1.29 is 29.1 Å². The largest absolute Gasteiger partial charge is 0.369 e. The van der Waals surface area contributed by atoms with Gasteiger partial charge in [0, 0.05) is 31.1 Å². The number of piperidine rings is 1. The monoisotopic (exact) mass is 610 g/mol. The number of carbonyl (C=O) groups excluding carboxylic acids is 5. The molecule has 1 saturated carbocycles. The highest BCUT2D eigenvalue weighted by atomic mass is 32.1. The molecular formula is C29H50N6O6S. The van der Waals surface area contributed by atoms with Crippen LogP contribution >= 0.6 is 12.6 Å². The Morgan fingerprint density at radius 1 is 1.12 bits per heavy atom. The molecule has 42 heavy (non-hydrogen) atoms. The quantitative estimate of drug-likeness (QED) is 0.150. The van der Waals surface area contributed by atoms with E-state index in [0.717, 1.165) is 0 Å². The van der Waals surface area contributed by atoms with E-state index < -0.39 is 57.8 Å². The van der Waals surface area contributed by atoms with Crippen LogP contribution in [0.1, 0.15) is 75.2 Å². The Kier molecular flexibility index (Phi) is 9.59. The minimum atomic E-state index is -2.30. The molecule has 0 bridgehead atoms. The lowest BCUT2D eigenvalue weighted by Gasteiger charge is -2.39. The fourth-order valence-electron chi connectivity index (χ4n) is 6.32. The van der Waals surface area contributed by atoms with E-state index in [4.69, 9.17) is 0 Å². The lowest BCUT2D eigenvalue weighted by Crippen LogP contribution is -2.64. The van der Waals surface area contributed by atoms with Crippen LogP contribution in [0.25, 0.3) is 0 Å². The van der Waals surface area contributed by atoms with Gasteiger partial charge in [-0.1, -0.05) is 34.6 Å². The molecule has 6 amide bonds. The SMILES string of the molecule is CCNC(=O)[C@@](O)(S)[C@H](C[C@@H]1CCNC1=O)NC(=O)[C@@H]1[C@@H]2[C@H](CN1C(=O)[C@@H](NC(=O)NC(C)(C)C)C(C)(C)C)C2(C)C. The van der Waals surface area contributed by atoms with Crippen molar-refractivity contribution in [1.82, 2.24) is 31.5 Å². The Balaban J connectivity index is 1.90. The summed E-state index contributed by atoms with van der Waals surface area (Å²) in [5.41, 5.74) is -1.39. The second-order valence-corrected chi connectivity index (χ2v) is 15.4. The van der Waals surface area contributed by atoms with Crippen molar-refractivity contribution in [3.63, 3.8) is 0 Å². The van der Waals surface area contributed by atoms with E-state index in [2.05, 4.69) is 39.2 Å². The van der Waals surface area contributed by atoms with Gasteiger partial charge in [-0.3, -0.25) is 19.2 Å². The number of urea groups is 1. The molecule has 2 saturated heterocycles. The lowest BCUT2D eigenvalue weighted by molar-refractivity contribution is -0.145. The molecule has 0 radical (unpaired) electrons. The fourth-order valence-corrected chi connectivity index (χ4v) is 6.57. The van der Waals surface area contributed by atoms with Crippen molar-refractivity contribution in [2.75, 3.05) is 19.6 Å². The van der Waals surface area contributed by atoms with Crippen LogP contribution in [0.15, 0.2) is 0 Å². The molecule has 238 valence electrons. The predicted molar refractivity (Wildman–Crippen MR) is 161 cm³/mol. The van der Waals surface area contributed by atoms with Crippen molar-refractivity contribution >= 4 is 42.3 Å². The molecule has 12 nitrogen and oxygen atoms in total. The van der Waals surface area contributed by atoms with Gasteiger partial charge in [0.25, 0.3) is 5.91 Å². The van der Waals surface area contributed by atoms with E-state index in [1.807, 2.05) is 55.4 Å². The number of fused-ring (bicyclic) bond motifs is 1. The lowest BCUT2D eigenvalue weighted by atomic mass is 9.85. The number of hydrogen-bond donors (Lipinski definition) is 7. The molecular weight excluding hydrogens is 560 g/mol. The van der Waals surface area contributed by atoms with E-state index >= 15 is 0 Å². The summed E-state index contributed by atoms with van der Waals surface area (Å²) in [7, 11) is 0. The normalized spacial score (nSPS) is 27.6. The summed E-state index contributed by atoms with van der Waals surface area (Å²) in [5.74, 6) is -2.53. The van der Waals surface area contributed by atoms with Crippen LogP contribution in [0.2, 0.25) is 0 Å². The summed E-state index contributed by atoms with van der Waals surface area (Å²) in [6.45, 7) is 17.9. The van der Waals surface area contributed by atoms with Crippen molar-refractivity contribution in [2.24, 2.45) is 28.6 Å². The minimum absolute atomic E-state index is 0.00793. The highest BCUT2D eigenvalue weighted by Gasteiger charge is 2.70. The first-order chi connectivity index (χ1) is 19.1. The first-order valence-electron chi connectivity index (χ1n) is 14.8. The molecule has 2 heterocycles. The number of hydrogen-bond acceptors (Lipinski definition) is 7. The van der Waals surface area contributed by atoms with Crippen molar-refractivity contribution in [3.8, 4) is 0 Å². The second kappa shape index (κ2) is 11.9. The number of nitrogens with zero attached hydrogens (tertiary/aromatic N) is 1. The molecule has 3 rings (SSSR count). The zero-order valence-electron chi connectivity index (χ0n) is 26.4. The van der Waals surface area contributed by atoms with E-state index in [9.17, 15) is 29.1 Å². The smallest absolute Gasteiger partial charge is 0.315 e. The average Bonchev–Trinajstić information content (AvgIpc) is 3.18. The molecule has 1 aliphatic carbocycles. The highest BCUT2D eigenvalue weighted by molar-refractivity contribution is 7.82. The molecule has 0 aromatic carbocycles. The van der Waals surface area contributed by atoms with Gasteiger partial charge in [-0.25, -0.2) is 4.79 Å². The molecule has 7 atom stereocenters. The molecule has 0 aromatic heterocycles. The number of aliphatic hydroxyl groups is 1. The van der Waals surface area contributed by atoms with Crippen LogP contribution in [-0.2, 0) is 19.2 Å². The number of likely N-dealkylation sites (tertiary alicyclic amines) is 1. The minimum Gasteiger partial charge on any atom is -0.369 e. The Morgan fingerprint density at radius 3 is 2.24 bits per heavy atom. The first-order valence-corrected chi connectivity index (χ1v) is 15.3. The molecule has 6 N–H and O–H groups in total. The summed E-state index contributed by atoms with van der Waals surface area (Å²) >= 11 is 4.26. The predicted octanol–water partition coefficient (Wildman–Crippen LogP) is 0.747. The zero-order valence-corrected chi connectivity index (χ0v) is 27.3. The Hall–Kier alpha value is -2.54. The summed E-state index contributed by atoms with van der Waals surface area (Å²) in [6, 6.07) is -3.52. The Labute approximate surface area is 254 Å². The van der Waals surface area contributed by atoms with Crippen LogP contribution in [0, 0.1) is 28.6 Å². The third-order valence-electron chi connectivity index (χ3n) is 8.79. The van der Waals surface area contributed by atoms with Gasteiger partial charge >= 0.3 is 6.03 Å². The van der Waals surface area contributed by atoms with E-state index in [0.29, 0.717) is 19.5 Å². The van der Waals surface area contributed by atoms with Crippen molar-refractivity contribution in [3.05, 3.63) is 0 Å². The fraction of sp³-hybridized carbons (Fsp3) is 0.828. The van der Waals surface area contributed by atoms with Gasteiger partial charge in [0.2, 0.25) is 22.7 Å². The van der Waals surface area contributed by atoms with E-state index in [1.165, 1.54) is 4.90 Å². The summed E-state index contributed by atoms with van der Waals surface area (Å²) < 4.78 is 0. The Bertz CT molecular complexity index is 1100. The third-order valence-corrected chi connectivity index (χ3v) is 9.31. The number of rotatable bonds is 9. The number of carbonyl (C=O) groups is 5. The van der Waals surface area contributed by atoms with Gasteiger partial charge in [0.15, 0.2) is 0 Å². The maximum Gasteiger partial charge on any atom is 0.315 e. The van der Waals surface area contributed by atoms with Crippen LogP contribution < -0.4 is 26.6 Å². The topological polar surface area (TPSA) is 169 Å². The van der Waals surface area contributed by atoms with Crippen LogP contribution in [-0.4, -0.2) is 87.9 Å². The Morgan fingerprint density at radius 2 is 1.74 bits per heavy atom. The van der Waals surface area contributed by atoms with Crippen LogP contribution in [0.3, 0.4) is 0 Å².